The minimum absolute atomic E-state index is 0.679. The summed E-state index contributed by atoms with van der Waals surface area (Å²) in [7, 11) is 0. The third-order valence-corrected chi connectivity index (χ3v) is 11.3. The molecule has 0 aliphatic carbocycles. The van der Waals surface area contributed by atoms with Crippen LogP contribution in [0.1, 0.15) is 0 Å². The van der Waals surface area contributed by atoms with Crippen LogP contribution in [0.15, 0.2) is 199 Å². The van der Waals surface area contributed by atoms with Crippen molar-refractivity contribution in [2.24, 2.45) is 0 Å². The number of benzene rings is 8. The number of fused-ring (bicyclic) bond motifs is 11. The zero-order valence-electron chi connectivity index (χ0n) is 30.7. The zero-order valence-corrected chi connectivity index (χ0v) is 30.7. The van der Waals surface area contributed by atoms with E-state index >= 15 is 0 Å². The summed E-state index contributed by atoms with van der Waals surface area (Å²) in [6, 6.07) is 68.2. The largest absolute Gasteiger partial charge is 0.456 e. The van der Waals surface area contributed by atoms with Crippen LogP contribution in [0.25, 0.3) is 111 Å². The van der Waals surface area contributed by atoms with E-state index in [0.717, 1.165) is 83.5 Å². The predicted octanol–water partition coefficient (Wildman–Crippen LogP) is 13.6. The van der Waals surface area contributed by atoms with E-state index in [1.807, 2.05) is 18.2 Å². The van der Waals surface area contributed by atoms with Crippen molar-refractivity contribution in [1.29, 1.82) is 0 Å². The molecule has 0 bridgehead atoms. The molecular formula is C52H32N4O. The molecular weight excluding hydrogens is 697 g/mol. The lowest BCUT2D eigenvalue weighted by Crippen LogP contribution is -1.98. The van der Waals surface area contributed by atoms with Gasteiger partial charge in [0.1, 0.15) is 11.2 Å². The van der Waals surface area contributed by atoms with Crippen molar-refractivity contribution in [1.82, 2.24) is 19.1 Å². The fraction of sp³-hybridized carbons (Fsp3) is 0. The number of furan rings is 1. The van der Waals surface area contributed by atoms with Crippen molar-refractivity contribution in [2.45, 2.75) is 0 Å². The van der Waals surface area contributed by atoms with E-state index in [9.17, 15) is 0 Å². The molecule has 4 heterocycles. The summed E-state index contributed by atoms with van der Waals surface area (Å²) in [5.74, 6) is 0.679. The van der Waals surface area contributed by atoms with Crippen LogP contribution in [0.3, 0.4) is 0 Å². The summed E-state index contributed by atoms with van der Waals surface area (Å²) >= 11 is 0. The van der Waals surface area contributed by atoms with Gasteiger partial charge in [0.2, 0.25) is 0 Å². The maximum absolute atomic E-state index is 6.47. The van der Waals surface area contributed by atoms with E-state index in [0.29, 0.717) is 5.82 Å². The number of hydrogen-bond donors (Lipinski definition) is 0. The maximum atomic E-state index is 6.47. The van der Waals surface area contributed by atoms with E-state index in [1.54, 1.807) is 0 Å². The van der Waals surface area contributed by atoms with Crippen molar-refractivity contribution in [2.75, 3.05) is 0 Å². The van der Waals surface area contributed by atoms with Gasteiger partial charge in [0.25, 0.3) is 0 Å². The standard InChI is InChI=1S/C52H32N4O/c1-4-15-33(16-5-1)42-32-43(34-17-6-2-7-18-34)54-52(53-42)35-19-14-22-37(31-35)56-44-25-12-10-23-38(44)39-27-29-45-48(50(39)56)41-28-30-47-49(40-24-11-13-26-46(40)57-47)51(41)55(45)36-20-8-3-9-21-36/h1-32H. The highest BCUT2D eigenvalue weighted by molar-refractivity contribution is 6.31. The molecule has 266 valence electrons. The van der Waals surface area contributed by atoms with Crippen LogP contribution in [-0.2, 0) is 0 Å². The highest BCUT2D eigenvalue weighted by atomic mass is 16.3. The fourth-order valence-corrected chi connectivity index (χ4v) is 8.84. The molecule has 12 aromatic rings. The summed E-state index contributed by atoms with van der Waals surface area (Å²) in [5.41, 5.74) is 13.3. The van der Waals surface area contributed by atoms with Crippen molar-refractivity contribution in [3.63, 3.8) is 0 Å². The van der Waals surface area contributed by atoms with Crippen LogP contribution in [0, 0.1) is 0 Å². The second-order valence-electron chi connectivity index (χ2n) is 14.6. The van der Waals surface area contributed by atoms with E-state index in [4.69, 9.17) is 14.4 Å². The van der Waals surface area contributed by atoms with Crippen molar-refractivity contribution in [3.05, 3.63) is 194 Å². The molecule has 0 spiro atoms. The number of hydrogen-bond acceptors (Lipinski definition) is 3. The summed E-state index contributed by atoms with van der Waals surface area (Å²) in [5, 5.41) is 6.98. The van der Waals surface area contributed by atoms with E-state index in [2.05, 4.69) is 185 Å². The Kier molecular flexibility index (Phi) is 6.86. The van der Waals surface area contributed by atoms with Gasteiger partial charge in [-0.05, 0) is 60.7 Å². The van der Waals surface area contributed by atoms with Gasteiger partial charge in [-0.15, -0.1) is 0 Å². The van der Waals surface area contributed by atoms with Crippen LogP contribution in [-0.4, -0.2) is 19.1 Å². The molecule has 4 aromatic heterocycles. The quantitative estimate of drug-likeness (QED) is 0.177. The maximum Gasteiger partial charge on any atom is 0.160 e. The molecule has 0 aliphatic heterocycles. The molecule has 0 radical (unpaired) electrons. The van der Waals surface area contributed by atoms with Gasteiger partial charge in [-0.2, -0.15) is 0 Å². The topological polar surface area (TPSA) is 48.8 Å². The molecule has 0 amide bonds. The minimum atomic E-state index is 0.679. The Labute approximate surface area is 327 Å². The number of aromatic nitrogens is 4. The van der Waals surface area contributed by atoms with Crippen molar-refractivity contribution in [3.8, 4) is 45.3 Å². The number of nitrogens with zero attached hydrogens (tertiary/aromatic N) is 4. The molecule has 5 nitrogen and oxygen atoms in total. The zero-order chi connectivity index (χ0) is 37.5. The van der Waals surface area contributed by atoms with E-state index in [-0.39, 0.29) is 0 Å². The molecule has 0 fully saturated rings. The van der Waals surface area contributed by atoms with Gasteiger partial charge in [-0.3, -0.25) is 0 Å². The van der Waals surface area contributed by atoms with Gasteiger partial charge in [0.05, 0.1) is 38.8 Å². The first-order valence-corrected chi connectivity index (χ1v) is 19.3. The normalized spacial score (nSPS) is 11.9. The average molecular weight is 729 g/mol. The molecule has 0 saturated heterocycles. The molecule has 12 rings (SSSR count). The fourth-order valence-electron chi connectivity index (χ4n) is 8.84. The van der Waals surface area contributed by atoms with Gasteiger partial charge >= 0.3 is 0 Å². The summed E-state index contributed by atoms with van der Waals surface area (Å²) in [6.45, 7) is 0. The molecule has 0 atom stereocenters. The SMILES string of the molecule is c1ccc(-c2cc(-c3ccccc3)nc(-c3cccc(-n4c5ccccc5c5ccc6c(c7ccc8oc9ccccc9c8c7n6-c6ccccc6)c54)c3)n2)cc1. The van der Waals surface area contributed by atoms with Gasteiger partial charge in [0.15, 0.2) is 5.82 Å². The minimum Gasteiger partial charge on any atom is -0.456 e. The van der Waals surface area contributed by atoms with Gasteiger partial charge in [-0.25, -0.2) is 9.97 Å². The monoisotopic (exact) mass is 728 g/mol. The first kappa shape index (κ1) is 31.6. The highest BCUT2D eigenvalue weighted by Gasteiger charge is 2.24. The smallest absolute Gasteiger partial charge is 0.160 e. The van der Waals surface area contributed by atoms with Crippen LogP contribution in [0.2, 0.25) is 0 Å². The molecule has 0 N–H and O–H groups in total. The van der Waals surface area contributed by atoms with E-state index < -0.39 is 0 Å². The Morgan fingerprint density at radius 3 is 1.68 bits per heavy atom. The second kappa shape index (κ2) is 12.4. The molecule has 0 aliphatic rings. The Bertz CT molecular complexity index is 3450. The Balaban J connectivity index is 1.17. The molecule has 0 unspecified atom stereocenters. The van der Waals surface area contributed by atoms with Crippen LogP contribution < -0.4 is 0 Å². The highest BCUT2D eigenvalue weighted by Crippen LogP contribution is 2.45. The lowest BCUT2D eigenvalue weighted by molar-refractivity contribution is 0.669. The number of rotatable bonds is 5. The van der Waals surface area contributed by atoms with Gasteiger partial charge < -0.3 is 13.6 Å². The Morgan fingerprint density at radius 1 is 0.351 bits per heavy atom. The third kappa shape index (κ3) is 4.82. The van der Waals surface area contributed by atoms with Crippen LogP contribution in [0.4, 0.5) is 0 Å². The molecule has 0 saturated carbocycles. The second-order valence-corrected chi connectivity index (χ2v) is 14.6. The van der Waals surface area contributed by atoms with Gasteiger partial charge in [-0.1, -0.05) is 133 Å². The van der Waals surface area contributed by atoms with Crippen LogP contribution >= 0.6 is 0 Å². The lowest BCUT2D eigenvalue weighted by atomic mass is 10.1. The molecule has 8 aromatic carbocycles. The summed E-state index contributed by atoms with van der Waals surface area (Å²) in [6.07, 6.45) is 0. The Hall–Kier alpha value is -7.76. The molecule has 57 heavy (non-hydrogen) atoms. The van der Waals surface area contributed by atoms with Gasteiger partial charge in [0, 0.05) is 55.0 Å². The first-order chi connectivity index (χ1) is 28.3. The van der Waals surface area contributed by atoms with Crippen LogP contribution in [0.5, 0.6) is 0 Å². The Morgan fingerprint density at radius 2 is 0.930 bits per heavy atom. The lowest BCUT2D eigenvalue weighted by Gasteiger charge is -2.13. The van der Waals surface area contributed by atoms with Crippen molar-refractivity contribution >= 4 is 65.6 Å². The summed E-state index contributed by atoms with van der Waals surface area (Å²) < 4.78 is 11.3. The average Bonchev–Trinajstić information content (AvgIpc) is 3.95. The van der Waals surface area contributed by atoms with Crippen molar-refractivity contribution < 1.29 is 4.42 Å². The van der Waals surface area contributed by atoms with E-state index in [1.165, 1.54) is 21.5 Å². The number of para-hydroxylation sites is 3. The first-order valence-electron chi connectivity index (χ1n) is 19.3. The molecule has 5 heteroatoms. The predicted molar refractivity (Wildman–Crippen MR) is 234 cm³/mol. The summed E-state index contributed by atoms with van der Waals surface area (Å²) in [4.78, 5) is 10.4. The third-order valence-electron chi connectivity index (χ3n) is 11.3.